The van der Waals surface area contributed by atoms with Crippen LogP contribution < -0.4 is 0 Å². The first-order chi connectivity index (χ1) is 8.17. The Hall–Kier alpha value is -1.77. The smallest absolute Gasteiger partial charge is 0.123 e. The number of halogens is 1. The highest BCUT2D eigenvalue weighted by Gasteiger charge is 2.00. The molecule has 3 heteroatoms. The molecule has 0 bridgehead atoms. The van der Waals surface area contributed by atoms with E-state index in [9.17, 15) is 4.39 Å². The van der Waals surface area contributed by atoms with Crippen molar-refractivity contribution in [3.05, 3.63) is 47.4 Å². The van der Waals surface area contributed by atoms with Crippen molar-refractivity contribution in [1.29, 1.82) is 0 Å². The quantitative estimate of drug-likeness (QED) is 0.708. The summed E-state index contributed by atoms with van der Waals surface area (Å²) < 4.78 is 13.1. The van der Waals surface area contributed by atoms with E-state index in [2.05, 4.69) is 9.98 Å². The summed E-state index contributed by atoms with van der Waals surface area (Å²) in [6.07, 6.45) is 4.43. The van der Waals surface area contributed by atoms with Gasteiger partial charge in [-0.1, -0.05) is 18.2 Å². The van der Waals surface area contributed by atoms with Crippen molar-refractivity contribution in [2.45, 2.75) is 20.3 Å². The van der Waals surface area contributed by atoms with Crippen LogP contribution in [0, 0.1) is 5.82 Å². The van der Waals surface area contributed by atoms with Gasteiger partial charge in [-0.3, -0.25) is 4.99 Å². The molecule has 0 aliphatic carbocycles. The predicted molar refractivity (Wildman–Crippen MR) is 71.4 cm³/mol. The first-order valence-electron chi connectivity index (χ1n) is 5.54. The molecule has 0 spiro atoms. The normalized spacial score (nSPS) is 13.4. The summed E-state index contributed by atoms with van der Waals surface area (Å²) in [4.78, 5) is 8.39. The molecule has 1 aromatic carbocycles. The molecule has 2 nitrogen and oxygen atoms in total. The van der Waals surface area contributed by atoms with Crippen LogP contribution in [0.4, 0.5) is 4.39 Å². The molecule has 0 saturated heterocycles. The molecule has 0 unspecified atom stereocenters. The van der Waals surface area contributed by atoms with Crippen LogP contribution in [0.25, 0.3) is 0 Å². The fourth-order valence-electron chi connectivity index (χ4n) is 1.41. The minimum atomic E-state index is -0.241. The van der Waals surface area contributed by atoms with Crippen LogP contribution in [0.3, 0.4) is 0 Å². The van der Waals surface area contributed by atoms with E-state index in [1.165, 1.54) is 12.1 Å². The number of nitrogens with zero attached hydrogens (tertiary/aromatic N) is 2. The van der Waals surface area contributed by atoms with Gasteiger partial charge in [-0.2, -0.15) is 0 Å². The lowest BCUT2D eigenvalue weighted by Gasteiger charge is -2.02. The molecule has 0 fully saturated rings. The topological polar surface area (TPSA) is 24.7 Å². The number of benzene rings is 1. The molecule has 90 valence electrons. The fraction of sp³-hybridized carbons (Fsp3) is 0.286. The molecule has 0 aromatic heterocycles. The van der Waals surface area contributed by atoms with Gasteiger partial charge in [0.05, 0.1) is 0 Å². The van der Waals surface area contributed by atoms with E-state index in [-0.39, 0.29) is 5.82 Å². The standard InChI is InChI=1S/C14H17FN2/c1-4-14(8-9-16-3)17-11(2)12-6-5-7-13(15)10-12/h4-7,9-10H,8H2,1-3H3/b14-4+,16-9?,17-11?. The number of aliphatic imine (C=N–C) groups is 2. The second-order valence-corrected chi connectivity index (χ2v) is 3.63. The molecule has 1 aromatic rings. The van der Waals surface area contributed by atoms with E-state index in [0.29, 0.717) is 6.42 Å². The van der Waals surface area contributed by atoms with Crippen LogP contribution in [-0.2, 0) is 0 Å². The summed E-state index contributed by atoms with van der Waals surface area (Å²) >= 11 is 0. The molecule has 17 heavy (non-hydrogen) atoms. The lowest BCUT2D eigenvalue weighted by atomic mass is 10.1. The SMILES string of the molecule is C/C=C(\CC=NC)N=C(C)c1cccc(F)c1. The lowest BCUT2D eigenvalue weighted by Crippen LogP contribution is -1.96. The van der Waals surface area contributed by atoms with Gasteiger partial charge in [0.1, 0.15) is 5.82 Å². The van der Waals surface area contributed by atoms with Crippen molar-refractivity contribution >= 4 is 11.9 Å². The Kier molecular flexibility index (Phi) is 5.27. The third-order valence-corrected chi connectivity index (χ3v) is 2.37. The van der Waals surface area contributed by atoms with Gasteiger partial charge in [0, 0.05) is 31.1 Å². The number of hydrogen-bond donors (Lipinski definition) is 0. The molecule has 0 aliphatic rings. The largest absolute Gasteiger partial charge is 0.300 e. The van der Waals surface area contributed by atoms with Crippen LogP contribution in [0.2, 0.25) is 0 Å². The zero-order valence-corrected chi connectivity index (χ0v) is 10.4. The van der Waals surface area contributed by atoms with Crippen molar-refractivity contribution in [2.24, 2.45) is 9.98 Å². The Labute approximate surface area is 102 Å². The predicted octanol–water partition coefficient (Wildman–Crippen LogP) is 3.63. The number of rotatable bonds is 4. The third kappa shape index (κ3) is 4.31. The van der Waals surface area contributed by atoms with Crippen molar-refractivity contribution in [2.75, 3.05) is 7.05 Å². The zero-order valence-electron chi connectivity index (χ0n) is 10.4. The molecule has 1 rings (SSSR count). The van der Waals surface area contributed by atoms with Crippen molar-refractivity contribution < 1.29 is 4.39 Å². The highest BCUT2D eigenvalue weighted by molar-refractivity contribution is 5.99. The second-order valence-electron chi connectivity index (χ2n) is 3.63. The zero-order chi connectivity index (χ0) is 12.7. The maximum Gasteiger partial charge on any atom is 0.123 e. The highest BCUT2D eigenvalue weighted by atomic mass is 19.1. The van der Waals surface area contributed by atoms with Crippen LogP contribution >= 0.6 is 0 Å². The first-order valence-corrected chi connectivity index (χ1v) is 5.54. The van der Waals surface area contributed by atoms with Gasteiger partial charge < -0.3 is 4.99 Å². The van der Waals surface area contributed by atoms with E-state index in [1.807, 2.05) is 26.0 Å². The molecule has 0 saturated carbocycles. The van der Waals surface area contributed by atoms with E-state index < -0.39 is 0 Å². The Balaban J connectivity index is 2.91. The van der Waals surface area contributed by atoms with Crippen LogP contribution in [0.5, 0.6) is 0 Å². The van der Waals surface area contributed by atoms with Crippen molar-refractivity contribution in [3.63, 3.8) is 0 Å². The molecule has 0 heterocycles. The molecule has 0 radical (unpaired) electrons. The van der Waals surface area contributed by atoms with Gasteiger partial charge in [0.25, 0.3) is 0 Å². The van der Waals surface area contributed by atoms with Crippen LogP contribution in [0.15, 0.2) is 46.0 Å². The third-order valence-electron chi connectivity index (χ3n) is 2.37. The van der Waals surface area contributed by atoms with Gasteiger partial charge in [-0.15, -0.1) is 0 Å². The monoisotopic (exact) mass is 232 g/mol. The van der Waals surface area contributed by atoms with Gasteiger partial charge in [-0.25, -0.2) is 4.39 Å². The molecule has 0 N–H and O–H groups in total. The van der Waals surface area contributed by atoms with Crippen LogP contribution in [-0.4, -0.2) is 19.0 Å². The minimum absolute atomic E-state index is 0.241. The van der Waals surface area contributed by atoms with Crippen molar-refractivity contribution in [1.82, 2.24) is 0 Å². The Morgan fingerprint density at radius 2 is 2.18 bits per heavy atom. The average molecular weight is 232 g/mol. The summed E-state index contributed by atoms with van der Waals surface area (Å²) in [5.74, 6) is -0.241. The Morgan fingerprint density at radius 1 is 1.41 bits per heavy atom. The number of hydrogen-bond acceptors (Lipinski definition) is 2. The molecular weight excluding hydrogens is 215 g/mol. The first kappa shape index (κ1) is 13.3. The van der Waals surface area contributed by atoms with E-state index in [4.69, 9.17) is 0 Å². The second kappa shape index (κ2) is 6.74. The van der Waals surface area contributed by atoms with Crippen LogP contribution in [0.1, 0.15) is 25.8 Å². The minimum Gasteiger partial charge on any atom is -0.300 e. The average Bonchev–Trinajstić information content (AvgIpc) is 2.34. The summed E-state index contributed by atoms with van der Waals surface area (Å²) in [7, 11) is 1.73. The van der Waals surface area contributed by atoms with Gasteiger partial charge in [0.15, 0.2) is 0 Å². The van der Waals surface area contributed by atoms with E-state index >= 15 is 0 Å². The summed E-state index contributed by atoms with van der Waals surface area (Å²) in [6, 6.07) is 6.45. The molecule has 0 amide bonds. The maximum absolute atomic E-state index is 13.1. The maximum atomic E-state index is 13.1. The molecule has 0 aliphatic heterocycles. The fourth-order valence-corrected chi connectivity index (χ4v) is 1.41. The van der Waals surface area contributed by atoms with E-state index in [1.54, 1.807) is 19.3 Å². The van der Waals surface area contributed by atoms with Gasteiger partial charge in [0.2, 0.25) is 0 Å². The lowest BCUT2D eigenvalue weighted by molar-refractivity contribution is 0.627. The molecular formula is C14H17FN2. The van der Waals surface area contributed by atoms with Gasteiger partial charge >= 0.3 is 0 Å². The summed E-state index contributed by atoms with van der Waals surface area (Å²) in [5, 5.41) is 0. The number of allylic oxidation sites excluding steroid dienone is 2. The van der Waals surface area contributed by atoms with Gasteiger partial charge in [-0.05, 0) is 31.5 Å². The Bertz CT molecular complexity index is 459. The highest BCUT2D eigenvalue weighted by Crippen LogP contribution is 2.09. The van der Waals surface area contributed by atoms with E-state index in [0.717, 1.165) is 17.0 Å². The van der Waals surface area contributed by atoms with Crippen molar-refractivity contribution in [3.8, 4) is 0 Å². The Morgan fingerprint density at radius 3 is 2.76 bits per heavy atom. The summed E-state index contributed by atoms with van der Waals surface area (Å²) in [5.41, 5.74) is 2.54. The molecule has 0 atom stereocenters. The summed E-state index contributed by atoms with van der Waals surface area (Å²) in [6.45, 7) is 3.81.